The van der Waals surface area contributed by atoms with Gasteiger partial charge in [0, 0.05) is 17.1 Å². The molecule has 1 aromatic heterocycles. The monoisotopic (exact) mass is 469 g/mol. The molecule has 6 nitrogen and oxygen atoms in total. The highest BCUT2D eigenvalue weighted by molar-refractivity contribution is 6.30. The molecule has 1 amide bonds. The van der Waals surface area contributed by atoms with Crippen molar-refractivity contribution in [1.82, 2.24) is 14.8 Å². The van der Waals surface area contributed by atoms with Crippen LogP contribution in [0.5, 0.6) is 0 Å². The largest absolute Gasteiger partial charge is 0.324 e. The molecule has 4 aromatic rings. The molecule has 1 atom stereocenters. The summed E-state index contributed by atoms with van der Waals surface area (Å²) >= 11 is 6.12. The lowest BCUT2D eigenvalue weighted by Gasteiger charge is -2.24. The van der Waals surface area contributed by atoms with Crippen molar-refractivity contribution in [3.63, 3.8) is 0 Å². The molecule has 0 aliphatic carbocycles. The second-order valence-corrected chi connectivity index (χ2v) is 8.74. The fourth-order valence-corrected chi connectivity index (χ4v) is 4.06. The number of anilines is 2. The van der Waals surface area contributed by atoms with Gasteiger partial charge in [0.15, 0.2) is 0 Å². The fourth-order valence-electron chi connectivity index (χ4n) is 3.93. The Labute approximate surface area is 203 Å². The predicted octanol–water partition coefficient (Wildman–Crippen LogP) is 5.87. The molecule has 0 spiro atoms. The van der Waals surface area contributed by atoms with E-state index in [1.54, 1.807) is 4.68 Å². The van der Waals surface area contributed by atoms with Crippen LogP contribution in [0.25, 0.3) is 5.70 Å². The summed E-state index contributed by atoms with van der Waals surface area (Å²) < 4.78 is 1.79. The van der Waals surface area contributed by atoms with E-state index in [0.29, 0.717) is 23.8 Å². The number of aromatic nitrogens is 3. The lowest BCUT2D eigenvalue weighted by molar-refractivity contribution is -0.116. The van der Waals surface area contributed by atoms with Crippen LogP contribution in [0.4, 0.5) is 11.9 Å². The molecule has 34 heavy (non-hydrogen) atoms. The van der Waals surface area contributed by atoms with E-state index in [4.69, 9.17) is 11.6 Å². The van der Waals surface area contributed by atoms with Gasteiger partial charge in [-0.1, -0.05) is 83.9 Å². The molecule has 2 heterocycles. The molecule has 1 aliphatic heterocycles. The van der Waals surface area contributed by atoms with Crippen molar-refractivity contribution in [3.8, 4) is 0 Å². The van der Waals surface area contributed by atoms with E-state index < -0.39 is 0 Å². The second-order valence-electron chi connectivity index (χ2n) is 8.31. The van der Waals surface area contributed by atoms with Crippen molar-refractivity contribution in [1.29, 1.82) is 0 Å². The van der Waals surface area contributed by atoms with Crippen molar-refractivity contribution in [2.75, 3.05) is 10.6 Å². The number of nitrogens with one attached hydrogen (secondary N) is 2. The highest BCUT2D eigenvalue weighted by Crippen LogP contribution is 2.33. The quantitative estimate of drug-likeness (QED) is 0.370. The standard InChI is InChI=1S/C27H24ClN5O/c1-18-7-10-20(11-8-18)23-17-24(21-12-14-22(28)15-13-21)33-27(29-23)31-26(32-33)30-25(34)16-9-19-5-3-2-4-6-19/h2-8,10-15,17,24H,9,16H2,1H3,(H2,29,30,31,32,34)/t24-/m1/s1. The minimum absolute atomic E-state index is 0.124. The van der Waals surface area contributed by atoms with Gasteiger partial charge in [0.25, 0.3) is 5.95 Å². The molecule has 3 aromatic carbocycles. The average Bonchev–Trinajstić information content (AvgIpc) is 3.26. The maximum Gasteiger partial charge on any atom is 0.250 e. The SMILES string of the molecule is Cc1ccc(C2=C[C@H](c3ccc(Cl)cc3)n3nc(NC(=O)CCc4ccccc4)nc3N2)cc1. The normalized spacial score (nSPS) is 14.6. The van der Waals surface area contributed by atoms with Crippen LogP contribution in [-0.2, 0) is 11.2 Å². The van der Waals surface area contributed by atoms with Gasteiger partial charge < -0.3 is 5.32 Å². The number of nitrogens with zero attached hydrogens (tertiary/aromatic N) is 3. The van der Waals surface area contributed by atoms with Gasteiger partial charge >= 0.3 is 0 Å². The Bertz CT molecular complexity index is 1330. The number of amides is 1. The molecule has 7 heteroatoms. The van der Waals surface area contributed by atoms with Crippen LogP contribution >= 0.6 is 11.6 Å². The zero-order valence-electron chi connectivity index (χ0n) is 18.7. The van der Waals surface area contributed by atoms with Crippen LogP contribution < -0.4 is 10.6 Å². The first-order chi connectivity index (χ1) is 16.5. The third kappa shape index (κ3) is 4.87. The highest BCUT2D eigenvalue weighted by atomic mass is 35.5. The zero-order chi connectivity index (χ0) is 23.5. The number of benzene rings is 3. The Balaban J connectivity index is 1.40. The van der Waals surface area contributed by atoms with E-state index in [1.807, 2.05) is 54.6 Å². The van der Waals surface area contributed by atoms with Gasteiger partial charge in [0.05, 0.1) is 0 Å². The molecule has 0 unspecified atom stereocenters. The van der Waals surface area contributed by atoms with Gasteiger partial charge in [-0.15, -0.1) is 5.10 Å². The van der Waals surface area contributed by atoms with Crippen molar-refractivity contribution >= 4 is 35.1 Å². The number of carbonyl (C=O) groups is 1. The Morgan fingerprint density at radius 2 is 1.76 bits per heavy atom. The van der Waals surface area contributed by atoms with E-state index in [2.05, 4.69) is 58.0 Å². The van der Waals surface area contributed by atoms with E-state index >= 15 is 0 Å². The smallest absolute Gasteiger partial charge is 0.250 e. The van der Waals surface area contributed by atoms with Crippen molar-refractivity contribution in [3.05, 3.63) is 112 Å². The summed E-state index contributed by atoms with van der Waals surface area (Å²) in [5.41, 5.74) is 5.31. The number of hydrogen-bond acceptors (Lipinski definition) is 4. The Morgan fingerprint density at radius 3 is 2.50 bits per heavy atom. The molecule has 0 bridgehead atoms. The molecule has 170 valence electrons. The third-order valence-electron chi connectivity index (χ3n) is 5.77. The summed E-state index contributed by atoms with van der Waals surface area (Å²) in [5, 5.41) is 11.5. The lowest BCUT2D eigenvalue weighted by atomic mass is 10.0. The topological polar surface area (TPSA) is 71.8 Å². The number of allylic oxidation sites excluding steroid dienone is 1. The van der Waals surface area contributed by atoms with E-state index in [0.717, 1.165) is 22.4 Å². The summed E-state index contributed by atoms with van der Waals surface area (Å²) in [5.74, 6) is 0.719. The van der Waals surface area contributed by atoms with Crippen molar-refractivity contribution in [2.45, 2.75) is 25.8 Å². The number of hydrogen-bond donors (Lipinski definition) is 2. The van der Waals surface area contributed by atoms with Crippen molar-refractivity contribution < 1.29 is 4.79 Å². The molecular formula is C27H24ClN5O. The first-order valence-corrected chi connectivity index (χ1v) is 11.5. The van der Waals surface area contributed by atoms with E-state index in [9.17, 15) is 4.79 Å². The van der Waals surface area contributed by atoms with Gasteiger partial charge in [0.2, 0.25) is 11.9 Å². The summed E-state index contributed by atoms with van der Waals surface area (Å²) in [7, 11) is 0. The van der Waals surface area contributed by atoms with E-state index in [-0.39, 0.29) is 17.9 Å². The number of fused-ring (bicyclic) bond motifs is 1. The molecule has 0 saturated carbocycles. The maximum absolute atomic E-state index is 12.6. The van der Waals surface area contributed by atoms with Crippen LogP contribution in [0.3, 0.4) is 0 Å². The molecule has 1 aliphatic rings. The van der Waals surface area contributed by atoms with Gasteiger partial charge in [-0.3, -0.25) is 10.1 Å². The first kappa shape index (κ1) is 21.9. The predicted molar refractivity (Wildman–Crippen MR) is 136 cm³/mol. The Kier molecular flexibility index (Phi) is 6.14. The van der Waals surface area contributed by atoms with E-state index in [1.165, 1.54) is 5.56 Å². The van der Waals surface area contributed by atoms with Crippen LogP contribution in [0.2, 0.25) is 5.02 Å². The third-order valence-corrected chi connectivity index (χ3v) is 6.03. The minimum Gasteiger partial charge on any atom is -0.324 e. The average molecular weight is 470 g/mol. The second kappa shape index (κ2) is 9.53. The minimum atomic E-state index is -0.202. The van der Waals surface area contributed by atoms with Crippen molar-refractivity contribution in [2.24, 2.45) is 0 Å². The molecule has 0 saturated heterocycles. The van der Waals surface area contributed by atoms with Gasteiger partial charge in [-0.25, -0.2) is 4.68 Å². The zero-order valence-corrected chi connectivity index (χ0v) is 19.5. The lowest BCUT2D eigenvalue weighted by Crippen LogP contribution is -2.20. The van der Waals surface area contributed by atoms with Crippen LogP contribution in [0, 0.1) is 6.92 Å². The summed E-state index contributed by atoms with van der Waals surface area (Å²) in [6.45, 7) is 2.06. The van der Waals surface area contributed by atoms with Gasteiger partial charge in [0.1, 0.15) is 6.04 Å². The number of aryl methyl sites for hydroxylation is 2. The molecular weight excluding hydrogens is 446 g/mol. The fraction of sp³-hybridized carbons (Fsp3) is 0.148. The Morgan fingerprint density at radius 1 is 1.03 bits per heavy atom. The van der Waals surface area contributed by atoms with Crippen LogP contribution in [0.1, 0.15) is 34.7 Å². The summed E-state index contributed by atoms with van der Waals surface area (Å²) in [6, 6.07) is 25.7. The highest BCUT2D eigenvalue weighted by Gasteiger charge is 2.25. The molecule has 5 rings (SSSR count). The van der Waals surface area contributed by atoms with Gasteiger partial charge in [-0.2, -0.15) is 4.98 Å². The number of carbonyl (C=O) groups excluding carboxylic acids is 1. The number of rotatable bonds is 6. The summed E-state index contributed by atoms with van der Waals surface area (Å²) in [6.07, 6.45) is 3.12. The Hall–Kier alpha value is -3.90. The van der Waals surface area contributed by atoms with Gasteiger partial charge in [-0.05, 0) is 48.2 Å². The van der Waals surface area contributed by atoms with Crippen LogP contribution in [-0.4, -0.2) is 20.7 Å². The summed E-state index contributed by atoms with van der Waals surface area (Å²) in [4.78, 5) is 17.1. The maximum atomic E-state index is 12.6. The first-order valence-electron chi connectivity index (χ1n) is 11.2. The van der Waals surface area contributed by atoms with Crippen LogP contribution in [0.15, 0.2) is 84.9 Å². The molecule has 2 N–H and O–H groups in total. The number of halogens is 1. The molecule has 0 fully saturated rings. The molecule has 0 radical (unpaired) electrons.